The molecule has 0 saturated heterocycles. The molecular formula is C18H21NO3. The predicted octanol–water partition coefficient (Wildman–Crippen LogP) is 3.21. The molecule has 0 fully saturated rings. The highest BCUT2D eigenvalue weighted by Crippen LogP contribution is 2.42. The summed E-state index contributed by atoms with van der Waals surface area (Å²) in [6.45, 7) is 4.01. The highest BCUT2D eigenvalue weighted by Gasteiger charge is 2.34. The highest BCUT2D eigenvalue weighted by molar-refractivity contribution is 5.49. The predicted molar refractivity (Wildman–Crippen MR) is 83.3 cm³/mol. The van der Waals surface area contributed by atoms with E-state index in [4.69, 9.17) is 9.15 Å². The molecule has 0 radical (unpaired) electrons. The first-order chi connectivity index (χ1) is 10.7. The monoisotopic (exact) mass is 299 g/mol. The summed E-state index contributed by atoms with van der Waals surface area (Å²) in [4.78, 5) is 2.46. The average Bonchev–Trinajstić information content (AvgIpc) is 2.94. The summed E-state index contributed by atoms with van der Waals surface area (Å²) in [6.07, 6.45) is 2.88. The van der Waals surface area contributed by atoms with Crippen LogP contribution in [0.5, 0.6) is 11.5 Å². The van der Waals surface area contributed by atoms with Gasteiger partial charge in [0.15, 0.2) is 11.5 Å². The fraction of sp³-hybridized carbons (Fsp3) is 0.444. The third kappa shape index (κ3) is 2.02. The summed E-state index contributed by atoms with van der Waals surface area (Å²) in [5, 5.41) is 10.1. The van der Waals surface area contributed by atoms with E-state index in [-0.39, 0.29) is 5.75 Å². The number of phenols is 1. The minimum atomic E-state index is 0.232. The van der Waals surface area contributed by atoms with Crippen LogP contribution in [-0.2, 0) is 25.8 Å². The molecule has 1 aromatic carbocycles. The van der Waals surface area contributed by atoms with E-state index in [1.165, 1.54) is 16.7 Å². The van der Waals surface area contributed by atoms with Gasteiger partial charge in [-0.15, -0.1) is 0 Å². The van der Waals surface area contributed by atoms with Gasteiger partial charge in [-0.25, -0.2) is 0 Å². The first-order valence-corrected chi connectivity index (χ1v) is 7.94. The molecule has 1 atom stereocenters. The Balaban J connectivity index is 1.74. The van der Waals surface area contributed by atoms with Crippen molar-refractivity contribution in [1.82, 2.24) is 4.90 Å². The smallest absolute Gasteiger partial charge is 0.160 e. The lowest BCUT2D eigenvalue weighted by atomic mass is 9.86. The fourth-order valence-electron chi connectivity index (χ4n) is 3.76. The standard InChI is InChI=1S/C18H21NO3/c1-3-13-6-12-7-15-14-9-16(20)17(21-2)8-11(14)4-5-19(15)10-18(12)22-13/h6,8-9,15,20H,3-5,7,10H2,1-2H3. The van der Waals surface area contributed by atoms with Crippen LogP contribution in [0.4, 0.5) is 0 Å². The van der Waals surface area contributed by atoms with Crippen LogP contribution in [0.25, 0.3) is 0 Å². The Morgan fingerprint density at radius 3 is 2.95 bits per heavy atom. The third-order valence-electron chi connectivity index (χ3n) is 4.96. The Bertz CT molecular complexity index is 719. The second-order valence-electron chi connectivity index (χ2n) is 6.18. The van der Waals surface area contributed by atoms with E-state index < -0.39 is 0 Å². The Labute approximate surface area is 130 Å². The number of rotatable bonds is 2. The largest absolute Gasteiger partial charge is 0.504 e. The summed E-state index contributed by atoms with van der Waals surface area (Å²) in [5.74, 6) is 2.99. The van der Waals surface area contributed by atoms with Crippen molar-refractivity contribution in [2.75, 3.05) is 13.7 Å². The van der Waals surface area contributed by atoms with Crippen LogP contribution < -0.4 is 4.74 Å². The second-order valence-corrected chi connectivity index (χ2v) is 6.18. The molecule has 2 aliphatic heterocycles. The number of ether oxygens (including phenoxy) is 1. The van der Waals surface area contributed by atoms with Gasteiger partial charge in [0, 0.05) is 19.0 Å². The molecule has 1 aromatic heterocycles. The molecule has 22 heavy (non-hydrogen) atoms. The Hall–Kier alpha value is -1.94. The van der Waals surface area contributed by atoms with Crippen molar-refractivity contribution in [3.8, 4) is 11.5 Å². The molecular weight excluding hydrogens is 278 g/mol. The van der Waals surface area contributed by atoms with Crippen LogP contribution >= 0.6 is 0 Å². The zero-order valence-electron chi connectivity index (χ0n) is 13.1. The molecule has 4 heteroatoms. The number of fused-ring (bicyclic) bond motifs is 4. The second kappa shape index (κ2) is 5.06. The number of aromatic hydroxyl groups is 1. The number of phenolic OH excluding ortho intramolecular Hbond substituents is 1. The fourth-order valence-corrected chi connectivity index (χ4v) is 3.76. The average molecular weight is 299 g/mol. The first kappa shape index (κ1) is 13.7. The van der Waals surface area contributed by atoms with E-state index in [9.17, 15) is 5.11 Å². The number of hydrogen-bond acceptors (Lipinski definition) is 4. The molecule has 116 valence electrons. The molecule has 3 heterocycles. The SMILES string of the molecule is CCc1cc2c(o1)CN1CCc3cc(OC)c(O)cc3C1C2. The van der Waals surface area contributed by atoms with Crippen molar-refractivity contribution in [2.45, 2.75) is 38.8 Å². The van der Waals surface area contributed by atoms with Gasteiger partial charge >= 0.3 is 0 Å². The number of nitrogens with zero attached hydrogens (tertiary/aromatic N) is 1. The van der Waals surface area contributed by atoms with Crippen LogP contribution in [0.3, 0.4) is 0 Å². The van der Waals surface area contributed by atoms with E-state index in [0.717, 1.165) is 43.9 Å². The van der Waals surface area contributed by atoms with Crippen molar-refractivity contribution in [3.05, 3.63) is 46.4 Å². The third-order valence-corrected chi connectivity index (χ3v) is 4.96. The van der Waals surface area contributed by atoms with Crippen LogP contribution in [-0.4, -0.2) is 23.7 Å². The maximum absolute atomic E-state index is 10.1. The number of aryl methyl sites for hydroxylation is 1. The van der Waals surface area contributed by atoms with Gasteiger partial charge in [0.1, 0.15) is 11.5 Å². The van der Waals surface area contributed by atoms with Gasteiger partial charge in [-0.2, -0.15) is 0 Å². The lowest BCUT2D eigenvalue weighted by Gasteiger charge is -2.40. The van der Waals surface area contributed by atoms with Gasteiger partial charge in [-0.05, 0) is 47.7 Å². The van der Waals surface area contributed by atoms with Gasteiger partial charge in [-0.3, -0.25) is 4.90 Å². The molecule has 2 aliphatic rings. The normalized spacial score (nSPS) is 20.2. The lowest BCUT2D eigenvalue weighted by Crippen LogP contribution is -2.38. The minimum Gasteiger partial charge on any atom is -0.504 e. The molecule has 1 N–H and O–H groups in total. The van der Waals surface area contributed by atoms with Gasteiger partial charge < -0.3 is 14.3 Å². The maximum atomic E-state index is 10.1. The Morgan fingerprint density at radius 1 is 1.32 bits per heavy atom. The molecule has 2 aromatic rings. The van der Waals surface area contributed by atoms with E-state index in [2.05, 4.69) is 17.9 Å². The maximum Gasteiger partial charge on any atom is 0.160 e. The van der Waals surface area contributed by atoms with Crippen molar-refractivity contribution in [1.29, 1.82) is 0 Å². The molecule has 0 bridgehead atoms. The first-order valence-electron chi connectivity index (χ1n) is 7.94. The number of methoxy groups -OCH3 is 1. The minimum absolute atomic E-state index is 0.232. The number of furan rings is 1. The molecule has 0 saturated carbocycles. The summed E-state index contributed by atoms with van der Waals surface area (Å²) in [5.41, 5.74) is 3.84. The van der Waals surface area contributed by atoms with Gasteiger partial charge in [0.25, 0.3) is 0 Å². The quantitative estimate of drug-likeness (QED) is 0.925. The van der Waals surface area contributed by atoms with Crippen LogP contribution in [0.1, 0.15) is 41.2 Å². The summed E-state index contributed by atoms with van der Waals surface area (Å²) in [7, 11) is 1.60. The van der Waals surface area contributed by atoms with Crippen molar-refractivity contribution in [2.24, 2.45) is 0 Å². The van der Waals surface area contributed by atoms with Gasteiger partial charge in [-0.1, -0.05) is 6.92 Å². The summed E-state index contributed by atoms with van der Waals surface area (Å²) in [6, 6.07) is 6.40. The summed E-state index contributed by atoms with van der Waals surface area (Å²) >= 11 is 0. The molecule has 0 spiro atoms. The molecule has 4 nitrogen and oxygen atoms in total. The Kier molecular flexibility index (Phi) is 3.15. The number of hydrogen-bond donors (Lipinski definition) is 1. The number of benzene rings is 1. The van der Waals surface area contributed by atoms with Crippen molar-refractivity contribution >= 4 is 0 Å². The van der Waals surface area contributed by atoms with Crippen LogP contribution in [0.15, 0.2) is 22.6 Å². The van der Waals surface area contributed by atoms with E-state index >= 15 is 0 Å². The van der Waals surface area contributed by atoms with E-state index in [0.29, 0.717) is 11.8 Å². The molecule has 0 aliphatic carbocycles. The van der Waals surface area contributed by atoms with Gasteiger partial charge in [0.05, 0.1) is 13.7 Å². The zero-order chi connectivity index (χ0) is 15.3. The topological polar surface area (TPSA) is 45.8 Å². The van der Waals surface area contributed by atoms with Crippen LogP contribution in [0, 0.1) is 0 Å². The van der Waals surface area contributed by atoms with E-state index in [1.807, 2.05) is 12.1 Å². The highest BCUT2D eigenvalue weighted by atomic mass is 16.5. The molecule has 1 unspecified atom stereocenters. The Morgan fingerprint density at radius 2 is 2.18 bits per heavy atom. The van der Waals surface area contributed by atoms with Crippen molar-refractivity contribution < 1.29 is 14.3 Å². The summed E-state index contributed by atoms with van der Waals surface area (Å²) < 4.78 is 11.2. The lowest BCUT2D eigenvalue weighted by molar-refractivity contribution is 0.144. The zero-order valence-corrected chi connectivity index (χ0v) is 13.1. The van der Waals surface area contributed by atoms with Crippen molar-refractivity contribution in [3.63, 3.8) is 0 Å². The molecule has 4 rings (SSSR count). The van der Waals surface area contributed by atoms with Crippen LogP contribution in [0.2, 0.25) is 0 Å². The van der Waals surface area contributed by atoms with E-state index in [1.54, 1.807) is 7.11 Å². The van der Waals surface area contributed by atoms with Gasteiger partial charge in [0.2, 0.25) is 0 Å². The molecule has 0 amide bonds.